The normalized spacial score (nSPS) is 15.8. The highest BCUT2D eigenvalue weighted by Crippen LogP contribution is 2.51. The number of nitrogens with one attached hydrogen (secondary N) is 1. The van der Waals surface area contributed by atoms with Gasteiger partial charge in [-0.25, -0.2) is 0 Å². The Morgan fingerprint density at radius 1 is 0.816 bits per heavy atom. The molecule has 1 aliphatic rings. The maximum atomic E-state index is 11.5. The fraction of sp³-hybridized carbons (Fsp3) is 0.618. The van der Waals surface area contributed by atoms with Gasteiger partial charge in [-0.3, -0.25) is 0 Å². The van der Waals surface area contributed by atoms with Crippen molar-refractivity contribution in [2.75, 3.05) is 0 Å². The molecule has 2 aromatic carbocycles. The van der Waals surface area contributed by atoms with Crippen molar-refractivity contribution >= 4 is 17.4 Å². The molecule has 0 spiro atoms. The zero-order valence-corrected chi connectivity index (χ0v) is 26.4. The van der Waals surface area contributed by atoms with Gasteiger partial charge in [-0.05, 0) is 47.9 Å². The van der Waals surface area contributed by atoms with Gasteiger partial charge in [-0.1, -0.05) is 125 Å². The Balaban J connectivity index is 2.08. The van der Waals surface area contributed by atoms with E-state index in [0.717, 1.165) is 47.3 Å². The first-order valence-electron chi connectivity index (χ1n) is 14.4. The Kier molecular flexibility index (Phi) is 8.98. The molecule has 1 fully saturated rings. The Hall–Kier alpha value is -2.07. The molecule has 0 amide bonds. The van der Waals surface area contributed by atoms with Crippen LogP contribution >= 0.6 is 12.2 Å². The molecule has 38 heavy (non-hydrogen) atoms. The molecule has 2 N–H and O–H groups in total. The van der Waals surface area contributed by atoms with Crippen molar-refractivity contribution in [3.63, 3.8) is 0 Å². The number of phenolic OH excluding ortho intramolecular Hbond substituents is 1. The number of hydrogen-bond acceptors (Lipinski definition) is 3. The minimum atomic E-state index is -0.405. The van der Waals surface area contributed by atoms with Gasteiger partial charge in [0.05, 0.1) is 0 Å². The van der Waals surface area contributed by atoms with Crippen LogP contribution in [0.15, 0.2) is 36.4 Å². The lowest BCUT2D eigenvalue weighted by Crippen LogP contribution is -2.42. The summed E-state index contributed by atoms with van der Waals surface area (Å²) < 4.78 is 6.60. The number of rotatable bonds is 6. The maximum absolute atomic E-state index is 11.5. The SMILES string of the molecule is CC(C)(C)Cc1cccc(C(C)(C)C(C)(C)c2cccc(C(C)(C)C)c2OC(=S)NC2CCCCC2)c1O. The van der Waals surface area contributed by atoms with E-state index in [0.29, 0.717) is 17.0 Å². The molecule has 3 rings (SSSR count). The minimum absolute atomic E-state index is 0.0822. The number of aromatic hydroxyl groups is 1. The van der Waals surface area contributed by atoms with Crippen LogP contribution in [0.2, 0.25) is 0 Å². The third-order valence-electron chi connectivity index (χ3n) is 8.69. The number of hydrogen-bond donors (Lipinski definition) is 2. The number of phenols is 1. The fourth-order valence-corrected chi connectivity index (χ4v) is 6.00. The summed E-state index contributed by atoms with van der Waals surface area (Å²) in [6, 6.07) is 13.1. The predicted octanol–water partition coefficient (Wildman–Crippen LogP) is 9.12. The third kappa shape index (κ3) is 6.73. The van der Waals surface area contributed by atoms with E-state index < -0.39 is 5.41 Å². The molecule has 3 nitrogen and oxygen atoms in total. The minimum Gasteiger partial charge on any atom is -0.507 e. The van der Waals surface area contributed by atoms with Crippen LogP contribution in [-0.2, 0) is 22.7 Å². The van der Waals surface area contributed by atoms with Gasteiger partial charge in [0.15, 0.2) is 0 Å². The summed E-state index contributed by atoms with van der Waals surface area (Å²) >= 11 is 5.78. The molecule has 0 heterocycles. The van der Waals surface area contributed by atoms with Crippen LogP contribution in [0.3, 0.4) is 0 Å². The van der Waals surface area contributed by atoms with E-state index in [1.165, 1.54) is 19.3 Å². The van der Waals surface area contributed by atoms with Crippen molar-refractivity contribution in [3.05, 3.63) is 58.7 Å². The van der Waals surface area contributed by atoms with Crippen molar-refractivity contribution in [1.82, 2.24) is 5.32 Å². The van der Waals surface area contributed by atoms with E-state index in [-0.39, 0.29) is 16.2 Å². The highest BCUT2D eigenvalue weighted by Gasteiger charge is 2.44. The number of thiocarbonyl (C=S) groups is 1. The quantitative estimate of drug-likeness (QED) is 0.361. The van der Waals surface area contributed by atoms with E-state index in [4.69, 9.17) is 17.0 Å². The lowest BCUT2D eigenvalue weighted by atomic mass is 9.60. The van der Waals surface area contributed by atoms with E-state index in [1.54, 1.807) is 0 Å². The molecule has 210 valence electrons. The van der Waals surface area contributed by atoms with Crippen LogP contribution in [0.25, 0.3) is 0 Å². The molecular formula is C34H51NO2S. The topological polar surface area (TPSA) is 41.5 Å². The van der Waals surface area contributed by atoms with Gasteiger partial charge < -0.3 is 15.2 Å². The number of para-hydroxylation sites is 2. The van der Waals surface area contributed by atoms with E-state index >= 15 is 0 Å². The first kappa shape index (κ1) is 30.5. The fourth-order valence-electron chi connectivity index (χ4n) is 5.75. The average Bonchev–Trinajstić information content (AvgIpc) is 2.79. The van der Waals surface area contributed by atoms with Crippen molar-refractivity contribution in [2.24, 2.45) is 5.41 Å². The van der Waals surface area contributed by atoms with Crippen LogP contribution in [0.1, 0.15) is 124 Å². The Morgan fingerprint density at radius 3 is 1.92 bits per heavy atom. The molecule has 0 unspecified atom stereocenters. The molecule has 0 saturated heterocycles. The summed E-state index contributed by atoms with van der Waals surface area (Å²) in [5, 5.41) is 15.5. The molecule has 1 saturated carbocycles. The van der Waals surface area contributed by atoms with Crippen LogP contribution in [0.5, 0.6) is 11.5 Å². The summed E-state index contributed by atoms with van der Waals surface area (Å²) in [5.41, 5.74) is 3.36. The summed E-state index contributed by atoms with van der Waals surface area (Å²) in [4.78, 5) is 0. The number of ether oxygens (including phenoxy) is 1. The second kappa shape index (κ2) is 11.2. The Bertz CT molecular complexity index is 1130. The molecule has 0 atom stereocenters. The van der Waals surface area contributed by atoms with Crippen LogP contribution in [-0.4, -0.2) is 16.3 Å². The van der Waals surface area contributed by atoms with Crippen LogP contribution < -0.4 is 10.1 Å². The summed E-state index contributed by atoms with van der Waals surface area (Å²) in [6.45, 7) is 22.3. The average molecular weight is 538 g/mol. The summed E-state index contributed by atoms with van der Waals surface area (Å²) in [6.07, 6.45) is 6.88. The lowest BCUT2D eigenvalue weighted by Gasteiger charge is -2.44. The van der Waals surface area contributed by atoms with Crippen molar-refractivity contribution < 1.29 is 9.84 Å². The van der Waals surface area contributed by atoms with E-state index in [2.05, 4.69) is 111 Å². The zero-order valence-electron chi connectivity index (χ0n) is 25.5. The second-order valence-electron chi connectivity index (χ2n) is 14.6. The van der Waals surface area contributed by atoms with E-state index in [1.807, 2.05) is 0 Å². The van der Waals surface area contributed by atoms with Crippen LogP contribution in [0.4, 0.5) is 0 Å². The molecule has 1 aliphatic carbocycles. The standard InChI is InChI=1S/C34H51NO2S/c1-31(2,3)22-23-16-14-19-25(28(23)36)33(7,8)34(9,10)27-21-15-20-26(32(4,5)6)29(27)37-30(38)35-24-17-12-11-13-18-24/h14-16,19-21,24,36H,11-13,17-18,22H2,1-10H3,(H,35,38). The van der Waals surface area contributed by atoms with Gasteiger partial charge in [0.2, 0.25) is 0 Å². The molecule has 2 aromatic rings. The molecule has 0 radical (unpaired) electrons. The van der Waals surface area contributed by atoms with Crippen molar-refractivity contribution in [2.45, 2.75) is 130 Å². The highest BCUT2D eigenvalue weighted by molar-refractivity contribution is 7.80. The first-order valence-corrected chi connectivity index (χ1v) is 14.8. The largest absolute Gasteiger partial charge is 0.507 e. The van der Waals surface area contributed by atoms with Gasteiger partial charge in [0, 0.05) is 33.6 Å². The predicted molar refractivity (Wildman–Crippen MR) is 166 cm³/mol. The molecule has 0 aliphatic heterocycles. The summed E-state index contributed by atoms with van der Waals surface area (Å²) in [5.74, 6) is 1.25. The highest BCUT2D eigenvalue weighted by atomic mass is 32.1. The van der Waals surface area contributed by atoms with Crippen molar-refractivity contribution in [1.29, 1.82) is 0 Å². The van der Waals surface area contributed by atoms with Gasteiger partial charge >= 0.3 is 0 Å². The monoisotopic (exact) mass is 537 g/mol. The van der Waals surface area contributed by atoms with Gasteiger partial charge in [0.25, 0.3) is 5.17 Å². The lowest BCUT2D eigenvalue weighted by molar-refractivity contribution is 0.283. The smallest absolute Gasteiger partial charge is 0.262 e. The maximum Gasteiger partial charge on any atom is 0.262 e. The zero-order chi connectivity index (χ0) is 28.5. The molecule has 4 heteroatoms. The molecule has 0 aromatic heterocycles. The van der Waals surface area contributed by atoms with Crippen molar-refractivity contribution in [3.8, 4) is 11.5 Å². The second-order valence-corrected chi connectivity index (χ2v) is 15.0. The first-order chi connectivity index (χ1) is 17.4. The summed E-state index contributed by atoms with van der Waals surface area (Å²) in [7, 11) is 0. The van der Waals surface area contributed by atoms with Crippen LogP contribution in [0, 0.1) is 5.41 Å². The Morgan fingerprint density at radius 2 is 1.34 bits per heavy atom. The third-order valence-corrected chi connectivity index (χ3v) is 8.90. The van der Waals surface area contributed by atoms with Gasteiger partial charge in [0.1, 0.15) is 11.5 Å². The van der Waals surface area contributed by atoms with Gasteiger partial charge in [-0.2, -0.15) is 0 Å². The molecular weight excluding hydrogens is 486 g/mol. The van der Waals surface area contributed by atoms with E-state index in [9.17, 15) is 5.11 Å². The Labute approximate surface area is 237 Å². The van der Waals surface area contributed by atoms with Gasteiger partial charge in [-0.15, -0.1) is 0 Å². The molecule has 0 bridgehead atoms. The number of benzene rings is 2.